The lowest BCUT2D eigenvalue weighted by molar-refractivity contribution is -0.116. The largest absolute Gasteiger partial charge is 0.318 e. The summed E-state index contributed by atoms with van der Waals surface area (Å²) in [5.41, 5.74) is 1.92. The van der Waals surface area contributed by atoms with Crippen molar-refractivity contribution in [3.63, 3.8) is 0 Å². The van der Waals surface area contributed by atoms with Crippen molar-refractivity contribution in [3.05, 3.63) is 60.0 Å². The van der Waals surface area contributed by atoms with Gasteiger partial charge in [0.05, 0.1) is 11.9 Å². The first-order valence-corrected chi connectivity index (χ1v) is 8.76. The van der Waals surface area contributed by atoms with E-state index in [1.807, 2.05) is 37.3 Å². The molecule has 8 nitrogen and oxygen atoms in total. The van der Waals surface area contributed by atoms with Crippen molar-refractivity contribution in [1.29, 1.82) is 0 Å². The zero-order chi connectivity index (χ0) is 19.2. The molecule has 0 bridgehead atoms. The molecule has 3 rings (SSSR count). The van der Waals surface area contributed by atoms with Crippen molar-refractivity contribution in [2.24, 2.45) is 7.05 Å². The molecule has 2 aromatic heterocycles. The Bertz CT molecular complexity index is 929. The van der Waals surface area contributed by atoms with Crippen LogP contribution < -0.4 is 10.6 Å². The van der Waals surface area contributed by atoms with E-state index in [-0.39, 0.29) is 17.5 Å². The summed E-state index contributed by atoms with van der Waals surface area (Å²) in [7, 11) is 1.68. The quantitative estimate of drug-likeness (QED) is 0.672. The minimum atomic E-state index is -0.356. The van der Waals surface area contributed by atoms with E-state index in [1.54, 1.807) is 30.2 Å². The van der Waals surface area contributed by atoms with Crippen LogP contribution >= 0.6 is 0 Å². The molecule has 0 atom stereocenters. The highest BCUT2D eigenvalue weighted by atomic mass is 16.2. The SMILES string of the molecule is CCn1cc(NC(=O)c2cc(NC(=O)CCc3ccccc3)n(C)n2)cn1. The second-order valence-corrected chi connectivity index (χ2v) is 6.11. The van der Waals surface area contributed by atoms with Gasteiger partial charge in [0.1, 0.15) is 5.82 Å². The molecule has 8 heteroatoms. The number of amides is 2. The van der Waals surface area contributed by atoms with Crippen LogP contribution in [0.3, 0.4) is 0 Å². The lowest BCUT2D eigenvalue weighted by Gasteiger charge is -2.05. The monoisotopic (exact) mass is 366 g/mol. The first-order chi connectivity index (χ1) is 13.0. The lowest BCUT2D eigenvalue weighted by Crippen LogP contribution is -2.14. The third-order valence-corrected chi connectivity index (χ3v) is 4.08. The molecule has 140 valence electrons. The Morgan fingerprint density at radius 1 is 1.15 bits per heavy atom. The average molecular weight is 366 g/mol. The van der Waals surface area contributed by atoms with Crippen LogP contribution in [-0.4, -0.2) is 31.4 Å². The fourth-order valence-electron chi connectivity index (χ4n) is 2.60. The van der Waals surface area contributed by atoms with Crippen LogP contribution in [0.5, 0.6) is 0 Å². The highest BCUT2D eigenvalue weighted by molar-refractivity contribution is 6.03. The maximum Gasteiger partial charge on any atom is 0.276 e. The molecule has 0 fully saturated rings. The standard InChI is InChI=1S/C19H22N6O2/c1-3-25-13-15(12-20-25)21-19(27)16-11-17(24(2)23-16)22-18(26)10-9-14-7-5-4-6-8-14/h4-8,11-13H,3,9-10H2,1-2H3,(H,21,27)(H,22,26). The van der Waals surface area contributed by atoms with Gasteiger partial charge in [-0.05, 0) is 18.9 Å². The molecule has 0 aliphatic carbocycles. The van der Waals surface area contributed by atoms with Gasteiger partial charge < -0.3 is 10.6 Å². The number of hydrogen-bond acceptors (Lipinski definition) is 4. The van der Waals surface area contributed by atoms with Crippen LogP contribution in [0.4, 0.5) is 11.5 Å². The van der Waals surface area contributed by atoms with Gasteiger partial charge in [-0.3, -0.25) is 19.0 Å². The Morgan fingerprint density at radius 2 is 1.93 bits per heavy atom. The minimum absolute atomic E-state index is 0.127. The van der Waals surface area contributed by atoms with Crippen molar-refractivity contribution in [3.8, 4) is 0 Å². The van der Waals surface area contributed by atoms with Crippen LogP contribution in [0.25, 0.3) is 0 Å². The third kappa shape index (κ3) is 4.81. The van der Waals surface area contributed by atoms with Crippen LogP contribution in [0.15, 0.2) is 48.8 Å². The number of benzene rings is 1. The zero-order valence-electron chi connectivity index (χ0n) is 15.3. The molecule has 27 heavy (non-hydrogen) atoms. The number of rotatable bonds is 7. The maximum atomic E-state index is 12.3. The molecule has 1 aromatic carbocycles. The van der Waals surface area contributed by atoms with Gasteiger partial charge in [0.15, 0.2) is 5.69 Å². The highest BCUT2D eigenvalue weighted by Crippen LogP contribution is 2.13. The van der Waals surface area contributed by atoms with Crippen LogP contribution in [0, 0.1) is 0 Å². The van der Waals surface area contributed by atoms with E-state index in [0.717, 1.165) is 12.1 Å². The molecule has 0 saturated carbocycles. The summed E-state index contributed by atoms with van der Waals surface area (Å²) in [6.07, 6.45) is 4.33. The van der Waals surface area contributed by atoms with Crippen LogP contribution in [-0.2, 0) is 24.8 Å². The predicted molar refractivity (Wildman–Crippen MR) is 102 cm³/mol. The molecule has 2 N–H and O–H groups in total. The molecule has 2 amide bonds. The van der Waals surface area contributed by atoms with Gasteiger partial charge in [0.2, 0.25) is 5.91 Å². The second kappa shape index (κ2) is 8.31. The molecule has 0 aliphatic heterocycles. The van der Waals surface area contributed by atoms with Gasteiger partial charge in [-0.1, -0.05) is 30.3 Å². The van der Waals surface area contributed by atoms with Gasteiger partial charge in [-0.25, -0.2) is 0 Å². The molecule has 0 unspecified atom stereocenters. The Hall–Kier alpha value is -3.42. The zero-order valence-corrected chi connectivity index (χ0v) is 15.3. The number of nitrogens with one attached hydrogen (secondary N) is 2. The fourth-order valence-corrected chi connectivity index (χ4v) is 2.60. The van der Waals surface area contributed by atoms with Crippen LogP contribution in [0.1, 0.15) is 29.4 Å². The van der Waals surface area contributed by atoms with E-state index >= 15 is 0 Å². The van der Waals surface area contributed by atoms with Gasteiger partial charge in [-0.2, -0.15) is 10.2 Å². The van der Waals surface area contributed by atoms with Gasteiger partial charge in [-0.15, -0.1) is 0 Å². The highest BCUT2D eigenvalue weighted by Gasteiger charge is 2.15. The number of carbonyl (C=O) groups excluding carboxylic acids is 2. The minimum Gasteiger partial charge on any atom is -0.318 e. The van der Waals surface area contributed by atoms with E-state index in [4.69, 9.17) is 0 Å². The summed E-state index contributed by atoms with van der Waals surface area (Å²) < 4.78 is 3.19. The number of aromatic nitrogens is 4. The summed E-state index contributed by atoms with van der Waals surface area (Å²) in [6, 6.07) is 11.4. The lowest BCUT2D eigenvalue weighted by atomic mass is 10.1. The van der Waals surface area contributed by atoms with E-state index in [9.17, 15) is 9.59 Å². The molecule has 0 radical (unpaired) electrons. The Labute approximate surface area is 157 Å². The second-order valence-electron chi connectivity index (χ2n) is 6.11. The van der Waals surface area contributed by atoms with Crippen molar-refractivity contribution in [2.75, 3.05) is 10.6 Å². The molecule has 3 aromatic rings. The summed E-state index contributed by atoms with van der Waals surface area (Å²) in [6.45, 7) is 2.68. The summed E-state index contributed by atoms with van der Waals surface area (Å²) in [5.74, 6) is -0.00784. The summed E-state index contributed by atoms with van der Waals surface area (Å²) in [5, 5.41) is 13.8. The molecule has 2 heterocycles. The molecule has 0 aliphatic rings. The van der Waals surface area contributed by atoms with E-state index in [2.05, 4.69) is 20.8 Å². The maximum absolute atomic E-state index is 12.3. The number of anilines is 2. The first kappa shape index (κ1) is 18.4. The number of nitrogens with zero attached hydrogens (tertiary/aromatic N) is 4. The normalized spacial score (nSPS) is 10.6. The summed E-state index contributed by atoms with van der Waals surface area (Å²) >= 11 is 0. The van der Waals surface area contributed by atoms with E-state index in [0.29, 0.717) is 24.3 Å². The summed E-state index contributed by atoms with van der Waals surface area (Å²) in [4.78, 5) is 24.5. The molecule has 0 spiro atoms. The van der Waals surface area contributed by atoms with Gasteiger partial charge >= 0.3 is 0 Å². The third-order valence-electron chi connectivity index (χ3n) is 4.08. The molecular formula is C19H22N6O2. The van der Waals surface area contributed by atoms with Crippen LogP contribution in [0.2, 0.25) is 0 Å². The molecular weight excluding hydrogens is 344 g/mol. The van der Waals surface area contributed by atoms with Crippen molar-refractivity contribution in [1.82, 2.24) is 19.6 Å². The van der Waals surface area contributed by atoms with Crippen molar-refractivity contribution in [2.45, 2.75) is 26.3 Å². The van der Waals surface area contributed by atoms with Crippen molar-refractivity contribution < 1.29 is 9.59 Å². The topological polar surface area (TPSA) is 93.8 Å². The van der Waals surface area contributed by atoms with Crippen molar-refractivity contribution >= 4 is 23.3 Å². The Morgan fingerprint density at radius 3 is 2.63 bits per heavy atom. The van der Waals surface area contributed by atoms with E-state index in [1.165, 1.54) is 4.68 Å². The first-order valence-electron chi connectivity index (χ1n) is 8.76. The fraction of sp³-hybridized carbons (Fsp3) is 0.263. The average Bonchev–Trinajstić information content (AvgIpc) is 3.27. The Kier molecular flexibility index (Phi) is 5.65. The number of hydrogen-bond donors (Lipinski definition) is 2. The number of aryl methyl sites for hydroxylation is 3. The van der Waals surface area contributed by atoms with E-state index < -0.39 is 0 Å². The van der Waals surface area contributed by atoms with Gasteiger partial charge in [0.25, 0.3) is 5.91 Å². The predicted octanol–water partition coefficient (Wildman–Crippen LogP) is 2.46. The Balaban J connectivity index is 1.58. The molecule has 0 saturated heterocycles. The van der Waals surface area contributed by atoms with Gasteiger partial charge in [0, 0.05) is 32.3 Å². The smallest absolute Gasteiger partial charge is 0.276 e. The number of carbonyl (C=O) groups is 2.